The van der Waals surface area contributed by atoms with Gasteiger partial charge in [-0.2, -0.15) is 9.67 Å². The molecule has 2 aliphatic rings. The van der Waals surface area contributed by atoms with Crippen LogP contribution in [-0.4, -0.2) is 21.7 Å². The van der Waals surface area contributed by atoms with Crippen molar-refractivity contribution >= 4 is 5.91 Å². The van der Waals surface area contributed by atoms with Crippen LogP contribution in [0.4, 0.5) is 0 Å². The zero-order valence-corrected chi connectivity index (χ0v) is 18.0. The third-order valence-corrected chi connectivity index (χ3v) is 6.36. The fourth-order valence-corrected chi connectivity index (χ4v) is 4.59. The minimum atomic E-state index is 0.0928. The number of amides is 1. The fraction of sp³-hybridized carbons (Fsp3) is 0.423. The number of aromatic nitrogens is 3. The van der Waals surface area contributed by atoms with Crippen LogP contribution in [0.25, 0.3) is 11.3 Å². The molecule has 2 aliphatic carbocycles. The molecule has 0 spiro atoms. The molecule has 160 valence electrons. The van der Waals surface area contributed by atoms with Crippen molar-refractivity contribution in [3.05, 3.63) is 72.2 Å². The molecule has 2 heterocycles. The van der Waals surface area contributed by atoms with E-state index in [0.717, 1.165) is 36.2 Å². The van der Waals surface area contributed by atoms with E-state index in [9.17, 15) is 4.79 Å². The molecule has 3 aromatic rings. The van der Waals surface area contributed by atoms with Crippen LogP contribution in [-0.2, 0) is 17.8 Å². The summed E-state index contributed by atoms with van der Waals surface area (Å²) in [5.41, 5.74) is 4.67. The van der Waals surface area contributed by atoms with E-state index in [1.807, 2.05) is 16.8 Å². The molecular formula is C26H31N4O+. The third-order valence-electron chi connectivity index (χ3n) is 6.36. The first-order valence-corrected chi connectivity index (χ1v) is 11.7. The van der Waals surface area contributed by atoms with Crippen LogP contribution in [0.5, 0.6) is 0 Å². The van der Waals surface area contributed by atoms with Crippen molar-refractivity contribution in [3.63, 3.8) is 0 Å². The first-order valence-electron chi connectivity index (χ1n) is 11.7. The maximum absolute atomic E-state index is 12.3. The summed E-state index contributed by atoms with van der Waals surface area (Å²) in [6.07, 6.45) is 13.4. The van der Waals surface area contributed by atoms with Crippen LogP contribution in [0.2, 0.25) is 0 Å². The number of nitrogens with one attached hydrogen (secondary N) is 1. The molecule has 5 rings (SSSR count). The molecule has 0 unspecified atom stereocenters. The fourth-order valence-electron chi connectivity index (χ4n) is 4.59. The molecule has 31 heavy (non-hydrogen) atoms. The molecule has 0 aliphatic heterocycles. The number of hydrogen-bond donors (Lipinski definition) is 1. The highest BCUT2D eigenvalue weighted by molar-refractivity contribution is 5.75. The van der Waals surface area contributed by atoms with Gasteiger partial charge in [-0.15, -0.1) is 0 Å². The molecule has 5 nitrogen and oxygen atoms in total. The Morgan fingerprint density at radius 1 is 1.03 bits per heavy atom. The summed E-state index contributed by atoms with van der Waals surface area (Å²) in [6.45, 7) is 0.360. The van der Waals surface area contributed by atoms with Gasteiger partial charge in [0.15, 0.2) is 12.4 Å². The summed E-state index contributed by atoms with van der Waals surface area (Å²) in [5, 5.41) is 8.15. The molecule has 0 saturated heterocycles. The van der Waals surface area contributed by atoms with Crippen molar-refractivity contribution < 1.29 is 9.36 Å². The van der Waals surface area contributed by atoms with Gasteiger partial charge in [-0.3, -0.25) is 9.48 Å². The Bertz CT molecular complexity index is 1030. The van der Waals surface area contributed by atoms with E-state index >= 15 is 0 Å². The summed E-state index contributed by atoms with van der Waals surface area (Å²) in [4.78, 5) is 12.3. The minimum Gasteiger partial charge on any atom is -0.348 e. The topological polar surface area (TPSA) is 50.8 Å². The number of rotatable bonds is 7. The smallest absolute Gasteiger partial charge is 0.286 e. The third kappa shape index (κ3) is 5.04. The Morgan fingerprint density at radius 2 is 1.84 bits per heavy atom. The van der Waals surface area contributed by atoms with Gasteiger partial charge in [0.25, 0.3) is 5.91 Å². The summed E-state index contributed by atoms with van der Waals surface area (Å²) < 4.78 is 4.25. The molecule has 0 bridgehead atoms. The molecule has 2 saturated carbocycles. The second kappa shape index (κ2) is 9.04. The molecule has 2 fully saturated rings. The van der Waals surface area contributed by atoms with E-state index in [-0.39, 0.29) is 5.91 Å². The van der Waals surface area contributed by atoms with Gasteiger partial charge in [0.1, 0.15) is 0 Å². The normalized spacial score (nSPS) is 16.9. The molecule has 0 radical (unpaired) electrons. The summed E-state index contributed by atoms with van der Waals surface area (Å²) >= 11 is 0. The zero-order valence-electron chi connectivity index (χ0n) is 18.0. The lowest BCUT2D eigenvalue weighted by Crippen LogP contribution is -2.43. The summed E-state index contributed by atoms with van der Waals surface area (Å²) in [7, 11) is 0. The highest BCUT2D eigenvalue weighted by Gasteiger charge is 2.25. The van der Waals surface area contributed by atoms with Crippen LogP contribution in [0.1, 0.15) is 62.2 Å². The average Bonchev–Trinajstić information content (AvgIpc) is 3.51. The van der Waals surface area contributed by atoms with Crippen molar-refractivity contribution in [3.8, 4) is 11.3 Å². The van der Waals surface area contributed by atoms with Gasteiger partial charge in [0.2, 0.25) is 6.54 Å². The SMILES string of the molecule is O=C(C[n+]1cccc(-c2cc(Cc3ccccc3)nn2C2CCCCC2)c1)NC1CC1. The largest absolute Gasteiger partial charge is 0.348 e. The lowest BCUT2D eigenvalue weighted by atomic mass is 9.95. The second-order valence-electron chi connectivity index (χ2n) is 9.03. The van der Waals surface area contributed by atoms with Crippen LogP contribution in [0.3, 0.4) is 0 Å². The Hall–Kier alpha value is -2.95. The molecule has 0 atom stereocenters. The van der Waals surface area contributed by atoms with Crippen molar-refractivity contribution in [2.45, 2.75) is 70.0 Å². The second-order valence-corrected chi connectivity index (χ2v) is 9.03. The van der Waals surface area contributed by atoms with E-state index in [4.69, 9.17) is 5.10 Å². The highest BCUT2D eigenvalue weighted by Crippen LogP contribution is 2.32. The van der Waals surface area contributed by atoms with Gasteiger partial charge in [-0.1, -0.05) is 49.6 Å². The Balaban J connectivity index is 1.43. The van der Waals surface area contributed by atoms with E-state index in [1.54, 1.807) is 0 Å². The van der Waals surface area contributed by atoms with Crippen LogP contribution in [0.15, 0.2) is 60.9 Å². The van der Waals surface area contributed by atoms with E-state index in [0.29, 0.717) is 18.6 Å². The van der Waals surface area contributed by atoms with Crippen molar-refractivity contribution in [1.82, 2.24) is 15.1 Å². The van der Waals surface area contributed by atoms with Gasteiger partial charge in [-0.05, 0) is 43.4 Å². The first kappa shape index (κ1) is 20.0. The number of pyridine rings is 1. The van der Waals surface area contributed by atoms with Crippen molar-refractivity contribution in [1.29, 1.82) is 0 Å². The molecule has 2 aromatic heterocycles. The molecule has 5 heteroatoms. The van der Waals surface area contributed by atoms with Gasteiger partial charge >= 0.3 is 0 Å². The number of carbonyl (C=O) groups is 1. The predicted octanol–water partition coefficient (Wildman–Crippen LogP) is 4.21. The Kier molecular flexibility index (Phi) is 5.83. The lowest BCUT2D eigenvalue weighted by molar-refractivity contribution is -0.684. The molecule has 1 N–H and O–H groups in total. The molecule has 1 amide bonds. The van der Waals surface area contributed by atoms with Crippen molar-refractivity contribution in [2.24, 2.45) is 0 Å². The maximum atomic E-state index is 12.3. The minimum absolute atomic E-state index is 0.0928. The van der Waals surface area contributed by atoms with E-state index in [1.165, 1.54) is 37.7 Å². The van der Waals surface area contributed by atoms with Crippen LogP contribution >= 0.6 is 0 Å². The van der Waals surface area contributed by atoms with Gasteiger partial charge in [0, 0.05) is 18.5 Å². The highest BCUT2D eigenvalue weighted by atomic mass is 16.2. The van der Waals surface area contributed by atoms with E-state index < -0.39 is 0 Å². The van der Waals surface area contributed by atoms with E-state index in [2.05, 4.69) is 58.7 Å². The maximum Gasteiger partial charge on any atom is 0.286 e. The lowest BCUT2D eigenvalue weighted by Gasteiger charge is -2.23. The van der Waals surface area contributed by atoms with Crippen LogP contribution < -0.4 is 9.88 Å². The molecular weight excluding hydrogens is 384 g/mol. The zero-order chi connectivity index (χ0) is 21.0. The van der Waals surface area contributed by atoms with Crippen molar-refractivity contribution in [2.75, 3.05) is 0 Å². The predicted molar refractivity (Wildman–Crippen MR) is 120 cm³/mol. The number of nitrogens with zero attached hydrogens (tertiary/aromatic N) is 3. The van der Waals surface area contributed by atoms with Gasteiger partial charge in [-0.25, -0.2) is 0 Å². The van der Waals surface area contributed by atoms with Gasteiger partial charge in [0.05, 0.1) is 23.0 Å². The first-order chi connectivity index (χ1) is 15.2. The van der Waals surface area contributed by atoms with Crippen LogP contribution in [0, 0.1) is 0 Å². The standard InChI is InChI=1S/C26H30N4O/c31-26(27-22-13-14-22)19-29-15-7-10-21(18-29)25-17-23(16-20-8-3-1-4-9-20)28-30(25)24-11-5-2-6-12-24/h1,3-4,7-10,15,17-18,22,24H,2,5-6,11-14,16,19H2/p+1. The average molecular weight is 416 g/mol. The summed E-state index contributed by atoms with van der Waals surface area (Å²) in [5.74, 6) is 0.0928. The number of carbonyl (C=O) groups excluding carboxylic acids is 1. The monoisotopic (exact) mass is 415 g/mol. The molecule has 1 aromatic carbocycles. The van der Waals surface area contributed by atoms with Gasteiger partial charge < -0.3 is 5.32 Å². The quantitative estimate of drug-likeness (QED) is 0.588. The number of hydrogen-bond acceptors (Lipinski definition) is 2. The Morgan fingerprint density at radius 3 is 2.61 bits per heavy atom. The summed E-state index contributed by atoms with van der Waals surface area (Å²) in [6, 6.07) is 17.8. The number of benzene rings is 1. The Labute approximate surface area is 184 Å².